The molecule has 0 bridgehead atoms. The van der Waals surface area contributed by atoms with Crippen molar-refractivity contribution in [3.05, 3.63) is 113 Å². The van der Waals surface area contributed by atoms with Crippen LogP contribution in [0.3, 0.4) is 0 Å². The van der Waals surface area contributed by atoms with Gasteiger partial charge < -0.3 is 14.8 Å². The molecule has 5 nitrogen and oxygen atoms in total. The molecule has 0 atom stereocenters. The minimum absolute atomic E-state index is 0.115. The number of ketones is 2. The maximum atomic E-state index is 12.9. The molecule has 1 aliphatic rings. The number of aryl methyl sites for hydroxylation is 2. The van der Waals surface area contributed by atoms with Gasteiger partial charge in [-0.1, -0.05) is 25.1 Å². The molecule has 1 saturated heterocycles. The molecule has 200 valence electrons. The van der Waals surface area contributed by atoms with Crippen LogP contribution >= 0.6 is 0 Å². The van der Waals surface area contributed by atoms with Crippen LogP contribution in [-0.4, -0.2) is 29.2 Å². The number of carbonyl (C=O) groups excluding carboxylic acids is 2. The fraction of sp³-hybridized carbons (Fsp3) is 0.294. The second-order valence-electron chi connectivity index (χ2n) is 10.9. The van der Waals surface area contributed by atoms with Crippen LogP contribution in [-0.2, 0) is 19.9 Å². The summed E-state index contributed by atoms with van der Waals surface area (Å²) in [6.45, 7) is 6.53. The third-order valence-corrected chi connectivity index (χ3v) is 7.87. The fourth-order valence-corrected chi connectivity index (χ4v) is 5.27. The number of Topliss-reactive ketones (excluding diaryl/α,β-unsaturated/α-hetero) is 2. The molecule has 1 N–H and O–H groups in total. The minimum atomic E-state index is 0.115. The van der Waals surface area contributed by atoms with E-state index in [1.165, 1.54) is 18.5 Å². The Morgan fingerprint density at radius 2 is 1.54 bits per heavy atom. The first-order chi connectivity index (χ1) is 18.9. The number of nitrogens with zero attached hydrogens (tertiary/aromatic N) is 2. The third-order valence-electron chi connectivity index (χ3n) is 7.87. The van der Waals surface area contributed by atoms with Crippen LogP contribution in [0.2, 0.25) is 0 Å². The van der Waals surface area contributed by atoms with Gasteiger partial charge in [0, 0.05) is 61.8 Å². The maximum Gasteiger partial charge on any atom is 0.183 e. The van der Waals surface area contributed by atoms with Crippen molar-refractivity contribution in [3.8, 4) is 0 Å². The standard InChI is InChI=1S/C34H37N3O2/c1-24-16-19-37(20-17-24)31-14-9-27(10-15-31)33(38)22-26-6-11-29(12-7-26)35-30-13-8-28(25(2)21-30)23-34(39)32-5-4-18-36(32)3/h4-15,18,21,24,35H,16-17,19-20,22-23H2,1-3H3. The van der Waals surface area contributed by atoms with Crippen LogP contribution in [0, 0.1) is 12.8 Å². The monoisotopic (exact) mass is 519 g/mol. The molecular weight excluding hydrogens is 482 g/mol. The molecule has 1 aromatic heterocycles. The van der Waals surface area contributed by atoms with Crippen molar-refractivity contribution in [2.24, 2.45) is 13.0 Å². The minimum Gasteiger partial charge on any atom is -0.372 e. The SMILES string of the molecule is Cc1cc(Nc2ccc(CC(=O)c3ccc(N4CCC(C)CC4)cc3)cc2)ccc1CC(=O)c1cccn1C. The molecule has 1 fully saturated rings. The van der Waals surface area contributed by atoms with Gasteiger partial charge in [-0.05, 0) is 103 Å². The summed E-state index contributed by atoms with van der Waals surface area (Å²) in [5.41, 5.74) is 7.70. The van der Waals surface area contributed by atoms with E-state index in [4.69, 9.17) is 0 Å². The zero-order valence-corrected chi connectivity index (χ0v) is 23.1. The van der Waals surface area contributed by atoms with Crippen LogP contribution in [0.25, 0.3) is 0 Å². The quantitative estimate of drug-likeness (QED) is 0.238. The molecule has 2 heterocycles. The highest BCUT2D eigenvalue weighted by Gasteiger charge is 2.17. The van der Waals surface area contributed by atoms with Crippen molar-refractivity contribution in [1.29, 1.82) is 0 Å². The molecule has 1 aliphatic heterocycles. The lowest BCUT2D eigenvalue weighted by molar-refractivity contribution is 0.0980. The van der Waals surface area contributed by atoms with Crippen molar-refractivity contribution >= 4 is 28.6 Å². The Balaban J connectivity index is 1.16. The van der Waals surface area contributed by atoms with Crippen molar-refractivity contribution < 1.29 is 9.59 Å². The second kappa shape index (κ2) is 11.7. The summed E-state index contributed by atoms with van der Waals surface area (Å²) < 4.78 is 1.86. The van der Waals surface area contributed by atoms with Gasteiger partial charge in [-0.2, -0.15) is 0 Å². The lowest BCUT2D eigenvalue weighted by Crippen LogP contribution is -2.32. The first-order valence-corrected chi connectivity index (χ1v) is 13.8. The molecule has 0 radical (unpaired) electrons. The van der Waals surface area contributed by atoms with Gasteiger partial charge in [0.15, 0.2) is 11.6 Å². The maximum absolute atomic E-state index is 12.9. The van der Waals surface area contributed by atoms with E-state index in [0.29, 0.717) is 12.8 Å². The Kier molecular flexibility index (Phi) is 7.97. The van der Waals surface area contributed by atoms with E-state index in [9.17, 15) is 9.59 Å². The van der Waals surface area contributed by atoms with Crippen molar-refractivity contribution in [2.45, 2.75) is 39.5 Å². The normalized spacial score (nSPS) is 13.9. The summed E-state index contributed by atoms with van der Waals surface area (Å²) in [5, 5.41) is 3.44. The van der Waals surface area contributed by atoms with Gasteiger partial charge in [0.25, 0.3) is 0 Å². The van der Waals surface area contributed by atoms with Gasteiger partial charge in [0.2, 0.25) is 0 Å². The summed E-state index contributed by atoms with van der Waals surface area (Å²) in [5.74, 6) is 1.05. The van der Waals surface area contributed by atoms with Crippen molar-refractivity contribution in [3.63, 3.8) is 0 Å². The molecule has 0 amide bonds. The molecule has 0 aliphatic carbocycles. The molecule has 0 spiro atoms. The zero-order chi connectivity index (χ0) is 27.4. The molecule has 39 heavy (non-hydrogen) atoms. The number of hydrogen-bond donors (Lipinski definition) is 1. The van der Waals surface area contributed by atoms with Crippen molar-refractivity contribution in [2.75, 3.05) is 23.3 Å². The molecule has 5 rings (SSSR count). The molecule has 4 aromatic rings. The number of benzene rings is 3. The largest absolute Gasteiger partial charge is 0.372 e. The topological polar surface area (TPSA) is 54.3 Å². The van der Waals surface area contributed by atoms with Gasteiger partial charge in [-0.15, -0.1) is 0 Å². The molecule has 0 unspecified atom stereocenters. The Hall–Kier alpha value is -4.12. The zero-order valence-electron chi connectivity index (χ0n) is 23.1. The number of piperidine rings is 1. The second-order valence-corrected chi connectivity index (χ2v) is 10.9. The van der Waals surface area contributed by atoms with E-state index in [2.05, 4.69) is 35.3 Å². The van der Waals surface area contributed by atoms with Crippen LogP contribution < -0.4 is 10.2 Å². The summed E-state index contributed by atoms with van der Waals surface area (Å²) in [6, 6.07) is 26.0. The highest BCUT2D eigenvalue weighted by atomic mass is 16.1. The van der Waals surface area contributed by atoms with Crippen LogP contribution in [0.5, 0.6) is 0 Å². The Labute approximate surface area is 231 Å². The van der Waals surface area contributed by atoms with E-state index in [0.717, 1.165) is 58.3 Å². The fourth-order valence-electron chi connectivity index (χ4n) is 5.27. The van der Waals surface area contributed by atoms with Gasteiger partial charge in [-0.25, -0.2) is 0 Å². The molecule has 3 aromatic carbocycles. The lowest BCUT2D eigenvalue weighted by Gasteiger charge is -2.32. The van der Waals surface area contributed by atoms with E-state index < -0.39 is 0 Å². The summed E-state index contributed by atoms with van der Waals surface area (Å²) in [4.78, 5) is 28.0. The van der Waals surface area contributed by atoms with Gasteiger partial charge >= 0.3 is 0 Å². The lowest BCUT2D eigenvalue weighted by atomic mass is 9.98. The summed E-state index contributed by atoms with van der Waals surface area (Å²) >= 11 is 0. The van der Waals surface area contributed by atoms with Gasteiger partial charge in [0.1, 0.15) is 0 Å². The predicted molar refractivity (Wildman–Crippen MR) is 159 cm³/mol. The van der Waals surface area contributed by atoms with Crippen molar-refractivity contribution in [1.82, 2.24) is 4.57 Å². The molecule has 5 heteroatoms. The van der Waals surface area contributed by atoms with Gasteiger partial charge in [0.05, 0.1) is 5.69 Å². The van der Waals surface area contributed by atoms with E-state index >= 15 is 0 Å². The number of anilines is 3. The predicted octanol–water partition coefficient (Wildman–Crippen LogP) is 7.16. The van der Waals surface area contributed by atoms with E-state index in [1.807, 2.05) is 85.4 Å². The Morgan fingerprint density at radius 3 is 2.18 bits per heavy atom. The Morgan fingerprint density at radius 1 is 0.846 bits per heavy atom. The number of nitrogens with one attached hydrogen (secondary N) is 1. The van der Waals surface area contributed by atoms with E-state index in [-0.39, 0.29) is 11.6 Å². The van der Waals surface area contributed by atoms with Crippen LogP contribution in [0.15, 0.2) is 85.1 Å². The third kappa shape index (κ3) is 6.48. The molecule has 0 saturated carbocycles. The number of aromatic nitrogens is 1. The average molecular weight is 520 g/mol. The smallest absolute Gasteiger partial charge is 0.183 e. The van der Waals surface area contributed by atoms with Crippen LogP contribution in [0.4, 0.5) is 17.1 Å². The first-order valence-electron chi connectivity index (χ1n) is 13.8. The average Bonchev–Trinajstić information content (AvgIpc) is 3.38. The highest BCUT2D eigenvalue weighted by molar-refractivity contribution is 5.98. The summed E-state index contributed by atoms with van der Waals surface area (Å²) in [7, 11) is 1.89. The number of hydrogen-bond acceptors (Lipinski definition) is 4. The van der Waals surface area contributed by atoms with E-state index in [1.54, 1.807) is 0 Å². The summed E-state index contributed by atoms with van der Waals surface area (Å²) in [6.07, 6.45) is 5.11. The first kappa shape index (κ1) is 26.5. The van der Waals surface area contributed by atoms with Gasteiger partial charge in [-0.3, -0.25) is 9.59 Å². The Bertz CT molecular complexity index is 1440. The van der Waals surface area contributed by atoms with Crippen LogP contribution in [0.1, 0.15) is 57.3 Å². The number of rotatable bonds is 9. The molecular formula is C34H37N3O2. The highest BCUT2D eigenvalue weighted by Crippen LogP contribution is 2.25. The number of carbonyl (C=O) groups is 2.